The quantitative estimate of drug-likeness (QED) is 0.663. The second-order valence-electron chi connectivity index (χ2n) is 5.79. The van der Waals surface area contributed by atoms with Crippen LogP contribution in [0.1, 0.15) is 15.9 Å². The smallest absolute Gasteiger partial charge is 0.257 e. The molecular formula is C19H21FN4O2. The average Bonchev–Trinajstić information content (AvgIpc) is 2.64. The van der Waals surface area contributed by atoms with Gasteiger partial charge in [-0.25, -0.2) is 4.39 Å². The monoisotopic (exact) mass is 356 g/mol. The van der Waals surface area contributed by atoms with Crippen LogP contribution in [0.5, 0.6) is 0 Å². The minimum absolute atomic E-state index is 0.149. The highest BCUT2D eigenvalue weighted by molar-refractivity contribution is 5.96. The lowest BCUT2D eigenvalue weighted by Crippen LogP contribution is -2.42. The van der Waals surface area contributed by atoms with Gasteiger partial charge >= 0.3 is 0 Å². The Balaban J connectivity index is 1.79. The number of hydrogen-bond acceptors (Lipinski definition) is 4. The standard InChI is InChI=1S/C19H21FN4O2/c1-13(14-7-9-17(10-8-14)24(2)3)22-23-18(25)12-21-19(26)15-5-4-6-16(20)11-15/h4-11,22H,1,12H2,2-3H3,(H,21,26)(H,23,25). The number of halogens is 1. The van der Waals surface area contributed by atoms with E-state index in [2.05, 4.69) is 22.7 Å². The Bertz CT molecular complexity index is 803. The first kappa shape index (κ1) is 19.0. The van der Waals surface area contributed by atoms with Crippen LogP contribution < -0.4 is 21.1 Å². The third-order valence-corrected chi connectivity index (χ3v) is 3.58. The van der Waals surface area contributed by atoms with E-state index in [9.17, 15) is 14.0 Å². The van der Waals surface area contributed by atoms with Crippen molar-refractivity contribution < 1.29 is 14.0 Å². The molecule has 0 spiro atoms. The molecule has 0 bridgehead atoms. The van der Waals surface area contributed by atoms with Crippen LogP contribution in [0.4, 0.5) is 10.1 Å². The van der Waals surface area contributed by atoms with Crippen molar-refractivity contribution in [1.29, 1.82) is 0 Å². The number of amides is 2. The molecule has 2 rings (SSSR count). The molecule has 6 nitrogen and oxygen atoms in total. The Labute approximate surface area is 151 Å². The van der Waals surface area contributed by atoms with Crippen molar-refractivity contribution in [2.75, 3.05) is 25.5 Å². The summed E-state index contributed by atoms with van der Waals surface area (Å²) in [4.78, 5) is 25.6. The molecule has 0 heterocycles. The Hall–Kier alpha value is -3.35. The van der Waals surface area contributed by atoms with Crippen molar-refractivity contribution in [2.45, 2.75) is 0 Å². The third kappa shape index (κ3) is 5.34. The number of nitrogens with one attached hydrogen (secondary N) is 3. The first-order chi connectivity index (χ1) is 12.4. The lowest BCUT2D eigenvalue weighted by molar-refractivity contribution is -0.120. The van der Waals surface area contributed by atoms with E-state index in [0.717, 1.165) is 17.3 Å². The second-order valence-corrected chi connectivity index (χ2v) is 5.79. The van der Waals surface area contributed by atoms with Gasteiger partial charge in [-0.15, -0.1) is 0 Å². The van der Waals surface area contributed by atoms with E-state index in [1.165, 1.54) is 18.2 Å². The van der Waals surface area contributed by atoms with Crippen molar-refractivity contribution >= 4 is 23.2 Å². The van der Waals surface area contributed by atoms with Crippen LogP contribution in [0, 0.1) is 5.82 Å². The molecule has 136 valence electrons. The maximum atomic E-state index is 13.1. The Morgan fingerprint density at radius 1 is 1.04 bits per heavy atom. The van der Waals surface area contributed by atoms with Gasteiger partial charge in [-0.2, -0.15) is 0 Å². The van der Waals surface area contributed by atoms with Gasteiger partial charge in [-0.1, -0.05) is 24.8 Å². The number of benzene rings is 2. The normalized spacial score (nSPS) is 9.96. The van der Waals surface area contributed by atoms with E-state index in [1.807, 2.05) is 43.3 Å². The second kappa shape index (κ2) is 8.66. The molecule has 0 radical (unpaired) electrons. The van der Waals surface area contributed by atoms with E-state index in [1.54, 1.807) is 0 Å². The molecule has 0 fully saturated rings. The van der Waals surface area contributed by atoms with Gasteiger partial charge in [0.25, 0.3) is 11.8 Å². The fourth-order valence-electron chi connectivity index (χ4n) is 2.11. The third-order valence-electron chi connectivity index (χ3n) is 3.58. The molecule has 0 saturated heterocycles. The van der Waals surface area contributed by atoms with Gasteiger partial charge in [0.15, 0.2) is 0 Å². The van der Waals surface area contributed by atoms with Crippen molar-refractivity contribution in [3.63, 3.8) is 0 Å². The molecule has 0 aliphatic rings. The summed E-state index contributed by atoms with van der Waals surface area (Å²) in [6.45, 7) is 3.60. The first-order valence-corrected chi connectivity index (χ1v) is 7.92. The van der Waals surface area contributed by atoms with E-state index in [0.29, 0.717) is 5.70 Å². The van der Waals surface area contributed by atoms with Crippen LogP contribution in [-0.2, 0) is 4.79 Å². The highest BCUT2D eigenvalue weighted by Crippen LogP contribution is 2.15. The molecule has 26 heavy (non-hydrogen) atoms. The molecule has 2 amide bonds. The van der Waals surface area contributed by atoms with Gasteiger partial charge < -0.3 is 10.2 Å². The first-order valence-electron chi connectivity index (χ1n) is 7.92. The highest BCUT2D eigenvalue weighted by atomic mass is 19.1. The van der Waals surface area contributed by atoms with Crippen molar-refractivity contribution in [1.82, 2.24) is 16.2 Å². The molecule has 0 atom stereocenters. The fraction of sp³-hybridized carbons (Fsp3) is 0.158. The zero-order valence-corrected chi connectivity index (χ0v) is 14.7. The number of rotatable bonds is 7. The van der Waals surface area contributed by atoms with Gasteiger partial charge in [-0.3, -0.25) is 20.4 Å². The predicted molar refractivity (Wildman–Crippen MR) is 99.8 cm³/mol. The van der Waals surface area contributed by atoms with Gasteiger partial charge in [0.2, 0.25) is 0 Å². The Kier molecular flexibility index (Phi) is 6.32. The fourth-order valence-corrected chi connectivity index (χ4v) is 2.11. The Morgan fingerprint density at radius 3 is 2.35 bits per heavy atom. The zero-order chi connectivity index (χ0) is 19.1. The van der Waals surface area contributed by atoms with Gasteiger partial charge in [0.05, 0.1) is 12.2 Å². The maximum Gasteiger partial charge on any atom is 0.257 e. The van der Waals surface area contributed by atoms with Gasteiger partial charge in [0, 0.05) is 25.3 Å². The lowest BCUT2D eigenvalue weighted by atomic mass is 10.1. The van der Waals surface area contributed by atoms with Crippen LogP contribution >= 0.6 is 0 Å². The molecule has 0 unspecified atom stereocenters. The molecule has 2 aromatic rings. The summed E-state index contributed by atoms with van der Waals surface area (Å²) in [6, 6.07) is 12.9. The summed E-state index contributed by atoms with van der Waals surface area (Å²) in [5.41, 5.74) is 7.68. The van der Waals surface area contributed by atoms with Crippen LogP contribution in [0.25, 0.3) is 5.70 Å². The minimum atomic E-state index is -0.530. The van der Waals surface area contributed by atoms with Crippen LogP contribution in [-0.4, -0.2) is 32.5 Å². The van der Waals surface area contributed by atoms with E-state index in [-0.39, 0.29) is 12.1 Å². The van der Waals surface area contributed by atoms with E-state index >= 15 is 0 Å². The molecule has 0 aliphatic carbocycles. The van der Waals surface area contributed by atoms with Crippen LogP contribution in [0.2, 0.25) is 0 Å². The van der Waals surface area contributed by atoms with Crippen LogP contribution in [0.3, 0.4) is 0 Å². The van der Waals surface area contributed by atoms with Crippen LogP contribution in [0.15, 0.2) is 55.1 Å². The summed E-state index contributed by atoms with van der Waals surface area (Å²) >= 11 is 0. The summed E-state index contributed by atoms with van der Waals surface area (Å²) in [5, 5.41) is 2.42. The van der Waals surface area contributed by atoms with Crippen molar-refractivity contribution in [3.05, 3.63) is 72.1 Å². The molecular weight excluding hydrogens is 335 g/mol. The summed E-state index contributed by atoms with van der Waals surface area (Å²) in [7, 11) is 3.89. The number of carbonyl (C=O) groups excluding carboxylic acids is 2. The Morgan fingerprint density at radius 2 is 1.73 bits per heavy atom. The molecule has 0 saturated carbocycles. The van der Waals surface area contributed by atoms with Crippen molar-refractivity contribution in [2.24, 2.45) is 0 Å². The SMILES string of the molecule is C=C(NNC(=O)CNC(=O)c1cccc(F)c1)c1ccc(N(C)C)cc1. The number of anilines is 1. The van der Waals surface area contributed by atoms with Crippen molar-refractivity contribution in [3.8, 4) is 0 Å². The molecule has 3 N–H and O–H groups in total. The van der Waals surface area contributed by atoms with E-state index in [4.69, 9.17) is 0 Å². The number of carbonyl (C=O) groups is 2. The number of hydrogen-bond donors (Lipinski definition) is 3. The van der Waals surface area contributed by atoms with Gasteiger partial charge in [0.1, 0.15) is 5.82 Å². The number of hydrazine groups is 1. The summed E-state index contributed by atoms with van der Waals surface area (Å²) in [6.07, 6.45) is 0. The number of nitrogens with zero attached hydrogens (tertiary/aromatic N) is 1. The summed E-state index contributed by atoms with van der Waals surface area (Å²) in [5.74, 6) is -1.50. The molecule has 7 heteroatoms. The average molecular weight is 356 g/mol. The predicted octanol–water partition coefficient (Wildman–Crippen LogP) is 1.91. The minimum Gasteiger partial charge on any atom is -0.378 e. The van der Waals surface area contributed by atoms with Gasteiger partial charge in [-0.05, 0) is 35.9 Å². The van der Waals surface area contributed by atoms with E-state index < -0.39 is 17.6 Å². The molecule has 0 aromatic heterocycles. The molecule has 2 aromatic carbocycles. The maximum absolute atomic E-state index is 13.1. The molecule has 0 aliphatic heterocycles. The zero-order valence-electron chi connectivity index (χ0n) is 14.7. The topological polar surface area (TPSA) is 73.5 Å². The lowest BCUT2D eigenvalue weighted by Gasteiger charge is -2.15. The highest BCUT2D eigenvalue weighted by Gasteiger charge is 2.09. The summed E-state index contributed by atoms with van der Waals surface area (Å²) < 4.78 is 13.1. The largest absolute Gasteiger partial charge is 0.378 e.